The molecule has 0 spiro atoms. The Morgan fingerprint density at radius 3 is 2.71 bits per heavy atom. The van der Waals surface area contributed by atoms with E-state index in [0.717, 1.165) is 5.56 Å². The van der Waals surface area contributed by atoms with E-state index in [-0.39, 0.29) is 48.0 Å². The van der Waals surface area contributed by atoms with Gasteiger partial charge in [0.05, 0.1) is 6.04 Å². The van der Waals surface area contributed by atoms with Gasteiger partial charge in [0.2, 0.25) is 11.8 Å². The van der Waals surface area contributed by atoms with Gasteiger partial charge in [0.25, 0.3) is 0 Å². The van der Waals surface area contributed by atoms with E-state index in [0.29, 0.717) is 25.8 Å². The monoisotopic (exact) mass is 427 g/mol. The Labute approximate surface area is 181 Å². The highest BCUT2D eigenvalue weighted by Gasteiger charge is 2.69. The summed E-state index contributed by atoms with van der Waals surface area (Å²) in [5.41, 5.74) is 0.831. The maximum absolute atomic E-state index is 13.2. The fourth-order valence-electron chi connectivity index (χ4n) is 5.17. The van der Waals surface area contributed by atoms with Crippen molar-refractivity contribution in [3.63, 3.8) is 0 Å². The number of amides is 3. The standard InChI is InChI=1S/C23H29N3O5/c1-23(2)17-11-26(22(30)31-13-14-6-4-3-5-7-14)19(18(17)23)21(29)25-16(12-27)10-15-8-9-24-20(15)28/h3-7,12,15-19H,8-11,13H2,1-2H3,(H,24,28)(H,25,29)/t15-,16-,17-,18-,19-/m1/s1. The van der Waals surface area contributed by atoms with Crippen molar-refractivity contribution in [1.29, 1.82) is 0 Å². The van der Waals surface area contributed by atoms with E-state index in [1.165, 1.54) is 4.90 Å². The molecule has 3 fully saturated rings. The first kappa shape index (κ1) is 21.3. The summed E-state index contributed by atoms with van der Waals surface area (Å²) in [7, 11) is 0. The molecule has 2 N–H and O–H groups in total. The van der Waals surface area contributed by atoms with Gasteiger partial charge in [-0.3, -0.25) is 14.5 Å². The molecule has 0 radical (unpaired) electrons. The summed E-state index contributed by atoms with van der Waals surface area (Å²) in [6, 6.07) is 7.94. The number of nitrogens with one attached hydrogen (secondary N) is 2. The molecule has 1 aromatic rings. The molecule has 0 bridgehead atoms. The number of carbonyl (C=O) groups is 4. The smallest absolute Gasteiger partial charge is 0.410 e. The van der Waals surface area contributed by atoms with Crippen LogP contribution in [0.2, 0.25) is 0 Å². The molecular formula is C23H29N3O5. The van der Waals surface area contributed by atoms with Crippen LogP contribution in [0.5, 0.6) is 0 Å². The molecule has 2 heterocycles. The Kier molecular flexibility index (Phi) is 5.73. The number of fused-ring (bicyclic) bond motifs is 1. The van der Waals surface area contributed by atoms with Crippen LogP contribution in [0.3, 0.4) is 0 Å². The molecule has 3 aliphatic rings. The SMILES string of the molecule is CC1(C)[C@@H]2[C@H]1CN(C(=O)OCc1ccccc1)[C@H]2C(=O)N[C@@H](C=O)C[C@H]1CCNC1=O. The van der Waals surface area contributed by atoms with E-state index < -0.39 is 18.2 Å². The van der Waals surface area contributed by atoms with Gasteiger partial charge in [-0.1, -0.05) is 44.2 Å². The van der Waals surface area contributed by atoms with E-state index in [1.54, 1.807) is 0 Å². The van der Waals surface area contributed by atoms with Crippen LogP contribution >= 0.6 is 0 Å². The molecule has 8 nitrogen and oxygen atoms in total. The predicted molar refractivity (Wildman–Crippen MR) is 112 cm³/mol. The summed E-state index contributed by atoms with van der Waals surface area (Å²) >= 11 is 0. The molecule has 0 unspecified atom stereocenters. The Hall–Kier alpha value is -2.90. The van der Waals surface area contributed by atoms with Gasteiger partial charge in [-0.2, -0.15) is 0 Å². The second-order valence-electron chi connectivity index (χ2n) is 9.35. The number of hydrogen-bond acceptors (Lipinski definition) is 5. The average molecular weight is 428 g/mol. The Morgan fingerprint density at radius 1 is 1.32 bits per heavy atom. The lowest BCUT2D eigenvalue weighted by Crippen LogP contribution is -2.52. The fourth-order valence-corrected chi connectivity index (χ4v) is 5.17. The van der Waals surface area contributed by atoms with E-state index in [4.69, 9.17) is 4.74 Å². The van der Waals surface area contributed by atoms with Gasteiger partial charge in [0, 0.05) is 19.0 Å². The van der Waals surface area contributed by atoms with Crippen LogP contribution in [0.15, 0.2) is 30.3 Å². The number of benzene rings is 1. The fraction of sp³-hybridized carbons (Fsp3) is 0.565. The van der Waals surface area contributed by atoms with Gasteiger partial charge in [-0.05, 0) is 35.7 Å². The van der Waals surface area contributed by atoms with Crippen LogP contribution in [0, 0.1) is 23.2 Å². The Morgan fingerprint density at radius 2 is 2.06 bits per heavy atom. The average Bonchev–Trinajstić information content (AvgIpc) is 3.13. The van der Waals surface area contributed by atoms with Crippen molar-refractivity contribution in [2.45, 2.75) is 45.4 Å². The molecule has 31 heavy (non-hydrogen) atoms. The topological polar surface area (TPSA) is 105 Å². The van der Waals surface area contributed by atoms with Crippen molar-refractivity contribution >= 4 is 24.2 Å². The summed E-state index contributed by atoms with van der Waals surface area (Å²) in [5.74, 6) is -0.473. The first-order chi connectivity index (χ1) is 14.8. The molecule has 4 rings (SSSR count). The van der Waals surface area contributed by atoms with E-state index in [9.17, 15) is 19.2 Å². The van der Waals surface area contributed by atoms with Gasteiger partial charge in [0.15, 0.2) is 0 Å². The van der Waals surface area contributed by atoms with Crippen LogP contribution < -0.4 is 10.6 Å². The molecule has 1 saturated carbocycles. The second-order valence-corrected chi connectivity index (χ2v) is 9.35. The van der Waals surface area contributed by atoms with Gasteiger partial charge >= 0.3 is 6.09 Å². The van der Waals surface area contributed by atoms with Crippen LogP contribution in [-0.2, 0) is 25.7 Å². The number of carbonyl (C=O) groups excluding carboxylic acids is 4. The maximum Gasteiger partial charge on any atom is 0.410 e. The minimum absolute atomic E-state index is 0.0267. The summed E-state index contributed by atoms with van der Waals surface area (Å²) in [6.07, 6.45) is 1.07. The molecule has 2 aliphatic heterocycles. The van der Waals surface area contributed by atoms with Crippen molar-refractivity contribution in [3.05, 3.63) is 35.9 Å². The maximum atomic E-state index is 13.2. The normalized spacial score (nSPS) is 29.0. The summed E-state index contributed by atoms with van der Waals surface area (Å²) < 4.78 is 5.47. The number of likely N-dealkylation sites (tertiary alicyclic amines) is 1. The second kappa shape index (κ2) is 8.32. The van der Waals surface area contributed by atoms with Crippen LogP contribution in [0.25, 0.3) is 0 Å². The minimum atomic E-state index is -0.760. The van der Waals surface area contributed by atoms with Crippen molar-refractivity contribution < 1.29 is 23.9 Å². The van der Waals surface area contributed by atoms with Crippen LogP contribution in [-0.4, -0.2) is 54.3 Å². The van der Waals surface area contributed by atoms with Gasteiger partial charge in [-0.25, -0.2) is 4.79 Å². The molecule has 1 aliphatic carbocycles. The number of nitrogens with zero attached hydrogens (tertiary/aromatic N) is 1. The number of aldehydes is 1. The van der Waals surface area contributed by atoms with Crippen LogP contribution in [0.1, 0.15) is 32.3 Å². The first-order valence-electron chi connectivity index (χ1n) is 10.8. The molecule has 166 valence electrons. The van der Waals surface area contributed by atoms with Crippen molar-refractivity contribution in [3.8, 4) is 0 Å². The van der Waals surface area contributed by atoms with Crippen LogP contribution in [0.4, 0.5) is 4.79 Å². The van der Waals surface area contributed by atoms with E-state index in [1.807, 2.05) is 30.3 Å². The number of rotatable bonds is 7. The molecule has 1 aromatic carbocycles. The summed E-state index contributed by atoms with van der Waals surface area (Å²) in [6.45, 7) is 5.37. The lowest BCUT2D eigenvalue weighted by Gasteiger charge is -2.30. The zero-order chi connectivity index (χ0) is 22.2. The van der Waals surface area contributed by atoms with E-state index >= 15 is 0 Å². The van der Waals surface area contributed by atoms with Gasteiger partial charge in [-0.15, -0.1) is 0 Å². The first-order valence-corrected chi connectivity index (χ1v) is 10.8. The molecule has 3 amide bonds. The third kappa shape index (κ3) is 4.16. The zero-order valence-electron chi connectivity index (χ0n) is 17.9. The quantitative estimate of drug-likeness (QED) is 0.642. The lowest BCUT2D eigenvalue weighted by molar-refractivity contribution is -0.129. The Bertz CT molecular complexity index is 871. The number of hydrogen-bond donors (Lipinski definition) is 2. The third-order valence-electron chi connectivity index (χ3n) is 7.11. The van der Waals surface area contributed by atoms with Crippen molar-refractivity contribution in [2.24, 2.45) is 23.2 Å². The van der Waals surface area contributed by atoms with Gasteiger partial charge < -0.3 is 20.2 Å². The van der Waals surface area contributed by atoms with Crippen molar-refractivity contribution in [2.75, 3.05) is 13.1 Å². The number of ether oxygens (including phenoxy) is 1. The highest BCUT2D eigenvalue weighted by atomic mass is 16.6. The highest BCUT2D eigenvalue weighted by Crippen LogP contribution is 2.64. The molecule has 2 saturated heterocycles. The zero-order valence-corrected chi connectivity index (χ0v) is 17.9. The van der Waals surface area contributed by atoms with Crippen molar-refractivity contribution in [1.82, 2.24) is 15.5 Å². The largest absolute Gasteiger partial charge is 0.445 e. The summed E-state index contributed by atoms with van der Waals surface area (Å²) in [5, 5.41) is 5.52. The predicted octanol–water partition coefficient (Wildman–Crippen LogP) is 1.49. The third-order valence-corrected chi connectivity index (χ3v) is 7.11. The molecule has 0 aromatic heterocycles. The molecule has 8 heteroatoms. The molecule has 5 atom stereocenters. The minimum Gasteiger partial charge on any atom is -0.445 e. The lowest BCUT2D eigenvalue weighted by atomic mass is 9.97. The molecular weight excluding hydrogens is 398 g/mol. The van der Waals surface area contributed by atoms with E-state index in [2.05, 4.69) is 24.5 Å². The highest BCUT2D eigenvalue weighted by molar-refractivity contribution is 5.89. The number of piperidine rings is 1. The van der Waals surface area contributed by atoms with Gasteiger partial charge in [0.1, 0.15) is 18.9 Å². The Balaban J connectivity index is 1.41. The summed E-state index contributed by atoms with van der Waals surface area (Å²) in [4.78, 5) is 50.9.